The van der Waals surface area contributed by atoms with Crippen molar-refractivity contribution in [3.05, 3.63) is 60.8 Å². The number of phosphoric ester groups is 1. The summed E-state index contributed by atoms with van der Waals surface area (Å²) in [7, 11) is -4.77. The fourth-order valence-corrected chi connectivity index (χ4v) is 6.53. The first-order valence-electron chi connectivity index (χ1n) is 22.4. The Balaban J connectivity index is 4.54. The molecule has 0 saturated carbocycles. The first kappa shape index (κ1) is 56.1. The van der Waals surface area contributed by atoms with Gasteiger partial charge in [0.1, 0.15) is 12.6 Å². The molecular formula is C46H80NO11P. The Morgan fingerprint density at radius 3 is 1.69 bits per heavy atom. The number of esters is 2. The van der Waals surface area contributed by atoms with E-state index in [2.05, 4.69) is 54.8 Å². The normalized spacial score (nSPS) is 14.8. The second-order valence-corrected chi connectivity index (χ2v) is 16.5. The van der Waals surface area contributed by atoms with E-state index < -0.39 is 63.8 Å². The summed E-state index contributed by atoms with van der Waals surface area (Å²) in [5.74, 6) is -2.61. The predicted octanol–water partition coefficient (Wildman–Crippen LogP) is 10.9. The fourth-order valence-electron chi connectivity index (χ4n) is 5.75. The quantitative estimate of drug-likeness (QED) is 0.0150. The van der Waals surface area contributed by atoms with Crippen LogP contribution in [0.15, 0.2) is 60.8 Å². The van der Waals surface area contributed by atoms with Crippen LogP contribution in [0, 0.1) is 0 Å². The summed E-state index contributed by atoms with van der Waals surface area (Å²) >= 11 is 0. The molecule has 0 aromatic carbocycles. The number of carbonyl (C=O) groups is 3. The third-order valence-electron chi connectivity index (χ3n) is 9.34. The summed E-state index contributed by atoms with van der Waals surface area (Å²) in [6.07, 6.45) is 43.1. The van der Waals surface area contributed by atoms with E-state index in [-0.39, 0.29) is 12.8 Å². The van der Waals surface area contributed by atoms with E-state index in [1.54, 1.807) is 12.2 Å². The zero-order chi connectivity index (χ0) is 43.7. The van der Waals surface area contributed by atoms with Gasteiger partial charge in [0.2, 0.25) is 0 Å². The maximum Gasteiger partial charge on any atom is 0.472 e. The van der Waals surface area contributed by atoms with Crippen molar-refractivity contribution in [1.29, 1.82) is 0 Å². The van der Waals surface area contributed by atoms with Crippen LogP contribution in [0.4, 0.5) is 0 Å². The van der Waals surface area contributed by atoms with Crippen molar-refractivity contribution in [3.63, 3.8) is 0 Å². The number of hydrogen-bond donors (Lipinski definition) is 4. The van der Waals surface area contributed by atoms with Crippen molar-refractivity contribution in [2.75, 3.05) is 19.8 Å². The van der Waals surface area contributed by atoms with Crippen molar-refractivity contribution < 1.29 is 52.6 Å². The average molecular weight is 854 g/mol. The van der Waals surface area contributed by atoms with Gasteiger partial charge in [0.25, 0.3) is 0 Å². The van der Waals surface area contributed by atoms with Crippen molar-refractivity contribution in [2.24, 2.45) is 5.73 Å². The zero-order valence-corrected chi connectivity index (χ0v) is 37.3. The van der Waals surface area contributed by atoms with Gasteiger partial charge in [-0.15, -0.1) is 0 Å². The molecule has 2 unspecified atom stereocenters. The minimum atomic E-state index is -4.77. The molecule has 0 fully saturated rings. The number of hydrogen-bond acceptors (Lipinski definition) is 10. The lowest BCUT2D eigenvalue weighted by molar-refractivity contribution is -0.161. The van der Waals surface area contributed by atoms with E-state index in [1.807, 2.05) is 12.2 Å². The van der Waals surface area contributed by atoms with Crippen LogP contribution in [0.1, 0.15) is 174 Å². The van der Waals surface area contributed by atoms with Gasteiger partial charge in [-0.05, 0) is 70.6 Å². The molecule has 0 radical (unpaired) electrons. The molecule has 0 bridgehead atoms. The second kappa shape index (κ2) is 40.5. The molecule has 0 heterocycles. The molecular weight excluding hydrogens is 773 g/mol. The highest BCUT2D eigenvalue weighted by atomic mass is 31.2. The minimum absolute atomic E-state index is 0.00606. The van der Waals surface area contributed by atoms with Gasteiger partial charge in [-0.25, -0.2) is 4.57 Å². The molecule has 340 valence electrons. The number of carboxylic acids is 1. The van der Waals surface area contributed by atoms with Crippen molar-refractivity contribution in [2.45, 2.75) is 193 Å². The summed E-state index contributed by atoms with van der Waals surface area (Å²) in [5, 5.41) is 19.2. The first-order chi connectivity index (χ1) is 28.5. The average Bonchev–Trinajstić information content (AvgIpc) is 3.20. The number of unbranched alkanes of at least 4 members (excludes halogenated alkanes) is 16. The topological polar surface area (TPSA) is 192 Å². The largest absolute Gasteiger partial charge is 0.480 e. The molecule has 0 aliphatic carbocycles. The third-order valence-corrected chi connectivity index (χ3v) is 10.3. The monoisotopic (exact) mass is 854 g/mol. The maximum atomic E-state index is 12.6. The van der Waals surface area contributed by atoms with Crippen molar-refractivity contribution >= 4 is 25.7 Å². The van der Waals surface area contributed by atoms with Gasteiger partial charge in [-0.1, -0.05) is 152 Å². The van der Waals surface area contributed by atoms with Crippen molar-refractivity contribution in [1.82, 2.24) is 0 Å². The number of carbonyl (C=O) groups excluding carboxylic acids is 2. The lowest BCUT2D eigenvalue weighted by Gasteiger charge is -2.20. The first-order valence-corrected chi connectivity index (χ1v) is 23.9. The van der Waals surface area contributed by atoms with Crippen LogP contribution in [-0.2, 0) is 37.5 Å². The van der Waals surface area contributed by atoms with E-state index in [0.29, 0.717) is 19.3 Å². The van der Waals surface area contributed by atoms with Crippen LogP contribution < -0.4 is 5.73 Å². The van der Waals surface area contributed by atoms with Crippen LogP contribution in [0.5, 0.6) is 0 Å². The van der Waals surface area contributed by atoms with Crippen LogP contribution in [0.3, 0.4) is 0 Å². The van der Waals surface area contributed by atoms with E-state index in [4.69, 9.17) is 24.8 Å². The molecule has 4 atom stereocenters. The number of aliphatic carboxylic acids is 1. The van der Waals surface area contributed by atoms with Gasteiger partial charge in [-0.3, -0.25) is 23.4 Å². The molecule has 0 amide bonds. The Morgan fingerprint density at radius 1 is 0.610 bits per heavy atom. The van der Waals surface area contributed by atoms with Gasteiger partial charge in [0, 0.05) is 12.8 Å². The van der Waals surface area contributed by atoms with E-state index in [0.717, 1.165) is 64.2 Å². The number of allylic oxidation sites excluding steroid dienone is 9. The molecule has 59 heavy (non-hydrogen) atoms. The Morgan fingerprint density at radius 2 is 1.10 bits per heavy atom. The molecule has 0 aliphatic heterocycles. The van der Waals surface area contributed by atoms with Crippen molar-refractivity contribution in [3.8, 4) is 0 Å². The second-order valence-electron chi connectivity index (χ2n) is 15.0. The predicted molar refractivity (Wildman–Crippen MR) is 237 cm³/mol. The number of nitrogens with two attached hydrogens (primary N) is 1. The molecule has 0 aliphatic rings. The van der Waals surface area contributed by atoms with Gasteiger partial charge in [0.15, 0.2) is 6.10 Å². The van der Waals surface area contributed by atoms with Crippen LogP contribution in [0.2, 0.25) is 0 Å². The smallest absolute Gasteiger partial charge is 0.472 e. The summed E-state index contributed by atoms with van der Waals surface area (Å²) in [6.45, 7) is 2.57. The highest BCUT2D eigenvalue weighted by Crippen LogP contribution is 2.43. The fraction of sp³-hybridized carbons (Fsp3) is 0.717. The number of rotatable bonds is 41. The minimum Gasteiger partial charge on any atom is -0.480 e. The molecule has 5 N–H and O–H groups in total. The Kier molecular flexibility index (Phi) is 38.6. The standard InChI is InChI=1S/C46H80NO11P/c1-3-5-7-9-11-13-15-17-18-19-20-22-24-26-28-30-32-36-45(50)58-42(39-56-59(53,54)57-40-43(47)46(51)52)38-55-44(49)37-33-35-41(48)34-31-29-27-25-23-21-16-14-12-10-8-6-4-2/h11,13,17-18,21,23,27,29,31,34,41-43,48H,3-10,12,14-16,19-20,22,24-26,28,30,32-33,35-40,47H2,1-2H3,(H,51,52)(H,53,54)/b13-11-,18-17-,23-21+,29-27+,34-31+/t41?,42-,43+/m1/s1. The van der Waals surface area contributed by atoms with Crippen LogP contribution >= 0.6 is 7.82 Å². The number of carboxylic acid groups (broad SMARTS) is 1. The maximum absolute atomic E-state index is 12.6. The lowest BCUT2D eigenvalue weighted by atomic mass is 10.1. The molecule has 0 aromatic heterocycles. The number of aliphatic hydroxyl groups is 1. The summed E-state index contributed by atoms with van der Waals surface area (Å²) in [5.41, 5.74) is 5.32. The van der Waals surface area contributed by atoms with Crippen LogP contribution in [0.25, 0.3) is 0 Å². The Hall–Kier alpha value is -2.86. The van der Waals surface area contributed by atoms with E-state index >= 15 is 0 Å². The Bertz CT molecular complexity index is 1250. The van der Waals surface area contributed by atoms with E-state index in [1.165, 1.54) is 64.2 Å². The highest BCUT2D eigenvalue weighted by molar-refractivity contribution is 7.47. The Labute approximate surface area is 356 Å². The number of aliphatic hydroxyl groups excluding tert-OH is 1. The summed E-state index contributed by atoms with van der Waals surface area (Å²) in [6, 6.07) is -1.55. The van der Waals surface area contributed by atoms with Gasteiger partial charge >= 0.3 is 25.7 Å². The molecule has 0 saturated heterocycles. The SMILES string of the molecule is CCCCC/C=C\C/C=C\CCCCCCCCCC(=O)O[C@H](COC(=O)CCCC(O)/C=C/C=C/C/C=C/CCCCCCCC)COP(=O)(O)OC[C@H](N)C(=O)O. The molecule has 12 nitrogen and oxygen atoms in total. The molecule has 0 aromatic rings. The lowest BCUT2D eigenvalue weighted by Crippen LogP contribution is -2.34. The number of ether oxygens (including phenoxy) is 2. The zero-order valence-electron chi connectivity index (χ0n) is 36.4. The summed E-state index contributed by atoms with van der Waals surface area (Å²) < 4.78 is 32.6. The van der Waals surface area contributed by atoms with Gasteiger partial charge in [-0.2, -0.15) is 0 Å². The number of phosphoric acid groups is 1. The highest BCUT2D eigenvalue weighted by Gasteiger charge is 2.28. The summed E-state index contributed by atoms with van der Waals surface area (Å²) in [4.78, 5) is 46.0. The van der Waals surface area contributed by atoms with E-state index in [9.17, 15) is 28.9 Å². The third kappa shape index (κ3) is 40.3. The van der Waals surface area contributed by atoms with Gasteiger partial charge in [0.05, 0.1) is 19.3 Å². The van der Waals surface area contributed by atoms with Gasteiger partial charge < -0.3 is 30.3 Å². The molecule has 0 rings (SSSR count). The van der Waals surface area contributed by atoms with Crippen LogP contribution in [-0.4, -0.2) is 71.1 Å². The molecule has 0 spiro atoms. The molecule has 13 heteroatoms.